The van der Waals surface area contributed by atoms with Crippen molar-refractivity contribution >= 4 is 17.7 Å². The average molecular weight is 295 g/mol. The average Bonchev–Trinajstić information content (AvgIpc) is 3.06. The summed E-state index contributed by atoms with van der Waals surface area (Å²) in [6, 6.07) is -0.0246. The lowest BCUT2D eigenvalue weighted by molar-refractivity contribution is -0.152. The lowest BCUT2D eigenvalue weighted by Crippen LogP contribution is -2.50. The molecule has 4 unspecified atom stereocenters. The molecule has 3 amide bonds. The van der Waals surface area contributed by atoms with Crippen LogP contribution in [0.2, 0.25) is 0 Å². The number of fused-ring (bicyclic) bond motifs is 2. The Hall–Kier alpha value is -1.43. The molecule has 2 fully saturated rings. The maximum atomic E-state index is 12.0. The molecule has 0 aromatic carbocycles. The second-order valence-corrected chi connectivity index (χ2v) is 6.37. The Morgan fingerprint density at radius 3 is 2.48 bits per heavy atom. The molecule has 2 aliphatic carbocycles. The van der Waals surface area contributed by atoms with Crippen LogP contribution in [-0.2, 0) is 14.4 Å². The first-order valence-corrected chi connectivity index (χ1v) is 7.77. The molecule has 2 bridgehead atoms. The van der Waals surface area contributed by atoms with E-state index >= 15 is 0 Å². The quantitative estimate of drug-likeness (QED) is 0.728. The van der Waals surface area contributed by atoms with Gasteiger partial charge in [-0.2, -0.15) is 0 Å². The third-order valence-corrected chi connectivity index (χ3v) is 4.97. The number of rotatable bonds is 4. The van der Waals surface area contributed by atoms with Crippen molar-refractivity contribution in [1.82, 2.24) is 10.2 Å². The van der Waals surface area contributed by atoms with Crippen LogP contribution in [0.4, 0.5) is 0 Å². The highest BCUT2D eigenvalue weighted by molar-refractivity contribution is 6.37. The topological polar surface area (TPSA) is 92.5 Å². The molecule has 3 N–H and O–H groups in total. The predicted octanol–water partition coefficient (Wildman–Crippen LogP) is 0.261. The number of amides is 3. The van der Waals surface area contributed by atoms with Crippen LogP contribution in [0.3, 0.4) is 0 Å². The Morgan fingerprint density at radius 2 is 2.00 bits per heavy atom. The van der Waals surface area contributed by atoms with Crippen molar-refractivity contribution in [2.45, 2.75) is 45.6 Å². The van der Waals surface area contributed by atoms with Gasteiger partial charge < -0.3 is 11.1 Å². The second-order valence-electron chi connectivity index (χ2n) is 6.37. The highest BCUT2D eigenvalue weighted by atomic mass is 16.2. The number of imide groups is 1. The Bertz CT molecular complexity index is 438. The first-order valence-electron chi connectivity index (χ1n) is 7.77. The summed E-state index contributed by atoms with van der Waals surface area (Å²) in [5.41, 5.74) is 5.37. The second kappa shape index (κ2) is 6.56. The summed E-state index contributed by atoms with van der Waals surface area (Å²) in [4.78, 5) is 36.4. The summed E-state index contributed by atoms with van der Waals surface area (Å²) in [5.74, 6) is -0.0276. The largest absolute Gasteiger partial charge is 0.345 e. The van der Waals surface area contributed by atoms with Gasteiger partial charge in [0.05, 0.1) is 0 Å². The Morgan fingerprint density at radius 1 is 1.29 bits per heavy atom. The Kier molecular flexibility index (Phi) is 4.98. The van der Waals surface area contributed by atoms with Gasteiger partial charge in [-0.05, 0) is 43.9 Å². The van der Waals surface area contributed by atoms with E-state index in [1.165, 1.54) is 26.2 Å². The van der Waals surface area contributed by atoms with Gasteiger partial charge in [-0.15, -0.1) is 0 Å². The number of nitrogens with two attached hydrogens (primary N) is 1. The summed E-state index contributed by atoms with van der Waals surface area (Å²) < 4.78 is 0. The van der Waals surface area contributed by atoms with Gasteiger partial charge in [0.2, 0.25) is 5.91 Å². The first kappa shape index (κ1) is 15.9. The molecule has 0 aromatic rings. The molecule has 0 aromatic heterocycles. The molecule has 0 aliphatic heterocycles. The van der Waals surface area contributed by atoms with E-state index < -0.39 is 17.7 Å². The molecule has 4 atom stereocenters. The van der Waals surface area contributed by atoms with E-state index in [4.69, 9.17) is 5.73 Å². The van der Waals surface area contributed by atoms with Crippen molar-refractivity contribution in [3.63, 3.8) is 0 Å². The van der Waals surface area contributed by atoms with E-state index in [2.05, 4.69) is 5.32 Å². The van der Waals surface area contributed by atoms with Gasteiger partial charge in [-0.3, -0.25) is 19.3 Å². The lowest BCUT2D eigenvalue weighted by Gasteiger charge is -2.29. The van der Waals surface area contributed by atoms with E-state index in [1.807, 2.05) is 6.92 Å². The van der Waals surface area contributed by atoms with E-state index in [-0.39, 0.29) is 19.1 Å². The summed E-state index contributed by atoms with van der Waals surface area (Å²) >= 11 is 0. The van der Waals surface area contributed by atoms with Crippen molar-refractivity contribution in [2.75, 3.05) is 13.1 Å². The molecule has 6 heteroatoms. The molecule has 0 radical (unpaired) electrons. The van der Waals surface area contributed by atoms with Crippen LogP contribution in [-0.4, -0.2) is 41.8 Å². The smallest absolute Gasteiger partial charge is 0.318 e. The monoisotopic (exact) mass is 295 g/mol. The van der Waals surface area contributed by atoms with Crippen molar-refractivity contribution in [3.05, 3.63) is 0 Å². The van der Waals surface area contributed by atoms with Gasteiger partial charge in [0.15, 0.2) is 0 Å². The van der Waals surface area contributed by atoms with Gasteiger partial charge in [0, 0.05) is 26.1 Å². The van der Waals surface area contributed by atoms with E-state index in [0.717, 1.165) is 17.2 Å². The highest BCUT2D eigenvalue weighted by Crippen LogP contribution is 2.49. The van der Waals surface area contributed by atoms with Crippen LogP contribution >= 0.6 is 0 Å². The standard InChI is InChI=1S/C15H25N3O3/c1-9(13-8-11-3-4-12(13)7-11)17-14(20)15(21)18(6-5-16)10(2)19/h9,11-13H,3-8,16H2,1-2H3,(H,17,20). The summed E-state index contributed by atoms with van der Waals surface area (Å²) in [7, 11) is 0. The summed E-state index contributed by atoms with van der Waals surface area (Å²) in [6.07, 6.45) is 4.93. The van der Waals surface area contributed by atoms with Gasteiger partial charge in [-0.1, -0.05) is 6.42 Å². The molecule has 2 rings (SSSR count). The van der Waals surface area contributed by atoms with E-state index in [1.54, 1.807) is 0 Å². The van der Waals surface area contributed by atoms with Gasteiger partial charge >= 0.3 is 11.8 Å². The van der Waals surface area contributed by atoms with E-state index in [9.17, 15) is 14.4 Å². The predicted molar refractivity (Wildman–Crippen MR) is 78.0 cm³/mol. The summed E-state index contributed by atoms with van der Waals surface area (Å²) in [5, 5.41) is 2.78. The number of nitrogens with one attached hydrogen (secondary N) is 1. The van der Waals surface area contributed by atoms with Crippen molar-refractivity contribution in [2.24, 2.45) is 23.5 Å². The minimum atomic E-state index is -0.803. The van der Waals surface area contributed by atoms with Gasteiger partial charge in [-0.25, -0.2) is 0 Å². The van der Waals surface area contributed by atoms with Crippen molar-refractivity contribution < 1.29 is 14.4 Å². The minimum absolute atomic E-state index is 0.0246. The molecule has 0 spiro atoms. The molecular formula is C15H25N3O3. The fourth-order valence-electron chi connectivity index (χ4n) is 3.94. The first-order chi connectivity index (χ1) is 9.93. The van der Waals surface area contributed by atoms with Crippen LogP contribution in [0, 0.1) is 17.8 Å². The number of carbonyl (C=O) groups is 3. The molecular weight excluding hydrogens is 270 g/mol. The maximum Gasteiger partial charge on any atom is 0.318 e. The van der Waals surface area contributed by atoms with Crippen LogP contribution in [0.25, 0.3) is 0 Å². The zero-order valence-corrected chi connectivity index (χ0v) is 12.8. The fourth-order valence-corrected chi connectivity index (χ4v) is 3.94. The van der Waals surface area contributed by atoms with Crippen molar-refractivity contribution in [3.8, 4) is 0 Å². The molecule has 21 heavy (non-hydrogen) atoms. The third kappa shape index (κ3) is 3.43. The number of hydrogen-bond donors (Lipinski definition) is 2. The molecule has 118 valence electrons. The maximum absolute atomic E-state index is 12.0. The number of hydrogen-bond acceptors (Lipinski definition) is 4. The normalized spacial score (nSPS) is 28.2. The SMILES string of the molecule is CC(=O)N(CCN)C(=O)C(=O)NC(C)C1CC2CCC1C2. The Balaban J connectivity index is 1.90. The molecule has 0 saturated heterocycles. The highest BCUT2D eigenvalue weighted by Gasteiger charge is 2.42. The van der Waals surface area contributed by atoms with Crippen LogP contribution in [0.5, 0.6) is 0 Å². The fraction of sp³-hybridized carbons (Fsp3) is 0.800. The third-order valence-electron chi connectivity index (χ3n) is 4.97. The zero-order chi connectivity index (χ0) is 15.6. The summed E-state index contributed by atoms with van der Waals surface area (Å²) in [6.45, 7) is 3.45. The zero-order valence-electron chi connectivity index (χ0n) is 12.8. The van der Waals surface area contributed by atoms with Crippen LogP contribution < -0.4 is 11.1 Å². The van der Waals surface area contributed by atoms with Gasteiger partial charge in [0.1, 0.15) is 0 Å². The van der Waals surface area contributed by atoms with Crippen LogP contribution in [0.1, 0.15) is 39.5 Å². The Labute approximate surface area is 125 Å². The molecule has 2 saturated carbocycles. The van der Waals surface area contributed by atoms with Gasteiger partial charge in [0.25, 0.3) is 0 Å². The van der Waals surface area contributed by atoms with E-state index in [0.29, 0.717) is 11.8 Å². The minimum Gasteiger partial charge on any atom is -0.345 e. The molecule has 0 heterocycles. The lowest BCUT2D eigenvalue weighted by atomic mass is 9.84. The van der Waals surface area contributed by atoms with Crippen LogP contribution in [0.15, 0.2) is 0 Å². The van der Waals surface area contributed by atoms with Crippen molar-refractivity contribution in [1.29, 1.82) is 0 Å². The molecule has 2 aliphatic rings. The molecule has 6 nitrogen and oxygen atoms in total. The number of carbonyl (C=O) groups excluding carboxylic acids is 3. The number of nitrogens with zero attached hydrogens (tertiary/aromatic N) is 1.